The van der Waals surface area contributed by atoms with Gasteiger partial charge in [-0.05, 0) is 56.5 Å². The highest BCUT2D eigenvalue weighted by atomic mass is 16.2. The highest BCUT2D eigenvalue weighted by molar-refractivity contribution is 5.99. The van der Waals surface area contributed by atoms with Crippen LogP contribution in [-0.4, -0.2) is 38.1 Å². The Kier molecular flexibility index (Phi) is 4.44. The number of hydrogen-bond acceptors (Lipinski definition) is 3. The molecule has 1 aromatic rings. The van der Waals surface area contributed by atoms with Crippen LogP contribution in [0.1, 0.15) is 32.6 Å². The summed E-state index contributed by atoms with van der Waals surface area (Å²) in [6, 6.07) is 8.51. The van der Waals surface area contributed by atoms with Crippen LogP contribution in [0.25, 0.3) is 0 Å². The number of amides is 1. The van der Waals surface area contributed by atoms with E-state index in [-0.39, 0.29) is 11.9 Å². The normalized spacial score (nSPS) is 22.9. The molecule has 2 aliphatic heterocycles. The minimum atomic E-state index is -0.00299. The van der Waals surface area contributed by atoms with Gasteiger partial charge in [-0.3, -0.25) is 4.79 Å². The van der Waals surface area contributed by atoms with Crippen molar-refractivity contribution in [2.75, 3.05) is 36.0 Å². The molecule has 3 rings (SSSR count). The van der Waals surface area contributed by atoms with Gasteiger partial charge in [0.25, 0.3) is 0 Å². The molecule has 2 heterocycles. The fourth-order valence-corrected chi connectivity index (χ4v) is 3.37. The van der Waals surface area contributed by atoms with Crippen LogP contribution < -0.4 is 15.1 Å². The van der Waals surface area contributed by atoms with E-state index in [9.17, 15) is 4.79 Å². The third-order valence-corrected chi connectivity index (χ3v) is 4.54. The van der Waals surface area contributed by atoms with Crippen molar-refractivity contribution in [3.8, 4) is 0 Å². The lowest BCUT2D eigenvalue weighted by molar-refractivity contribution is -0.118. The first-order valence-electron chi connectivity index (χ1n) is 8.19. The minimum Gasteiger partial charge on any atom is -0.372 e. The average molecular weight is 287 g/mol. The largest absolute Gasteiger partial charge is 0.372 e. The fourth-order valence-electron chi connectivity index (χ4n) is 3.37. The molecule has 1 atom stereocenters. The Labute approximate surface area is 127 Å². The number of hydrogen-bond donors (Lipinski definition) is 1. The lowest BCUT2D eigenvalue weighted by atomic mass is 10.1. The van der Waals surface area contributed by atoms with Crippen molar-refractivity contribution >= 4 is 17.3 Å². The van der Waals surface area contributed by atoms with Crippen LogP contribution in [0.5, 0.6) is 0 Å². The quantitative estimate of drug-likeness (QED) is 0.923. The van der Waals surface area contributed by atoms with E-state index in [0.717, 1.165) is 38.3 Å². The molecule has 1 N–H and O–H groups in total. The molecule has 114 valence electrons. The first-order chi connectivity index (χ1) is 10.3. The molecule has 0 bridgehead atoms. The van der Waals surface area contributed by atoms with Crippen LogP contribution in [-0.2, 0) is 4.79 Å². The molecule has 1 amide bonds. The van der Waals surface area contributed by atoms with Gasteiger partial charge in [0.2, 0.25) is 5.91 Å². The number of nitrogens with one attached hydrogen (secondary N) is 1. The predicted molar refractivity (Wildman–Crippen MR) is 86.9 cm³/mol. The Hall–Kier alpha value is -1.55. The van der Waals surface area contributed by atoms with Gasteiger partial charge in [0.15, 0.2) is 0 Å². The molecular weight excluding hydrogens is 262 g/mol. The topological polar surface area (TPSA) is 35.6 Å². The summed E-state index contributed by atoms with van der Waals surface area (Å²) in [4.78, 5) is 16.7. The van der Waals surface area contributed by atoms with Gasteiger partial charge in [0.1, 0.15) is 0 Å². The van der Waals surface area contributed by atoms with E-state index in [1.165, 1.54) is 24.9 Å². The number of anilines is 2. The second kappa shape index (κ2) is 6.48. The van der Waals surface area contributed by atoms with E-state index in [2.05, 4.69) is 34.5 Å². The van der Waals surface area contributed by atoms with Crippen molar-refractivity contribution in [3.63, 3.8) is 0 Å². The monoisotopic (exact) mass is 287 g/mol. The van der Waals surface area contributed by atoms with Crippen molar-refractivity contribution in [2.45, 2.75) is 38.6 Å². The Morgan fingerprint density at radius 1 is 1.05 bits per heavy atom. The summed E-state index contributed by atoms with van der Waals surface area (Å²) < 4.78 is 0. The van der Waals surface area contributed by atoms with E-state index in [4.69, 9.17) is 0 Å². The highest BCUT2D eigenvalue weighted by Gasteiger charge is 2.31. The van der Waals surface area contributed by atoms with Gasteiger partial charge >= 0.3 is 0 Å². The van der Waals surface area contributed by atoms with Crippen LogP contribution in [0.4, 0.5) is 11.4 Å². The van der Waals surface area contributed by atoms with Crippen molar-refractivity contribution < 1.29 is 4.79 Å². The molecule has 1 unspecified atom stereocenters. The summed E-state index contributed by atoms with van der Waals surface area (Å²) in [6.45, 7) is 6.02. The molecule has 0 aliphatic carbocycles. The maximum atomic E-state index is 12.3. The number of carbonyl (C=O) groups excluding carboxylic acids is 1. The lowest BCUT2D eigenvalue weighted by Gasteiger charge is -2.29. The molecule has 0 spiro atoms. The van der Waals surface area contributed by atoms with Crippen molar-refractivity contribution in [1.29, 1.82) is 0 Å². The minimum absolute atomic E-state index is 0.00299. The first-order valence-corrected chi connectivity index (χ1v) is 8.19. The fraction of sp³-hybridized carbons (Fsp3) is 0.588. The van der Waals surface area contributed by atoms with Gasteiger partial charge < -0.3 is 15.1 Å². The first kappa shape index (κ1) is 14.4. The number of piperidine rings is 1. The van der Waals surface area contributed by atoms with Gasteiger partial charge in [-0.25, -0.2) is 0 Å². The molecule has 2 saturated heterocycles. The average Bonchev–Trinajstić information content (AvgIpc) is 2.90. The second-order valence-electron chi connectivity index (χ2n) is 5.95. The van der Waals surface area contributed by atoms with Crippen LogP contribution in [0.2, 0.25) is 0 Å². The number of nitrogens with zero attached hydrogens (tertiary/aromatic N) is 2. The molecule has 2 fully saturated rings. The zero-order chi connectivity index (χ0) is 14.7. The van der Waals surface area contributed by atoms with Crippen molar-refractivity contribution in [1.82, 2.24) is 5.32 Å². The number of likely N-dealkylation sites (N-methyl/N-ethyl adjacent to an activating group) is 1. The summed E-state index contributed by atoms with van der Waals surface area (Å²) in [5.41, 5.74) is 2.31. The van der Waals surface area contributed by atoms with Gasteiger partial charge in [0, 0.05) is 31.0 Å². The third kappa shape index (κ3) is 3.05. The molecule has 0 aromatic heterocycles. The van der Waals surface area contributed by atoms with Gasteiger partial charge in [0.05, 0.1) is 6.04 Å². The molecule has 1 aromatic carbocycles. The predicted octanol–water partition coefficient (Wildman–Crippen LogP) is 2.39. The summed E-state index contributed by atoms with van der Waals surface area (Å²) in [7, 11) is 0. The Balaban J connectivity index is 1.68. The molecule has 21 heavy (non-hydrogen) atoms. The standard InChI is InChI=1S/C17H25N3O/c1-2-18-16-10-13-20(17(16)21)15-8-6-14(7-9-15)19-11-4-3-5-12-19/h6-9,16,18H,2-5,10-13H2,1H3. The smallest absolute Gasteiger partial charge is 0.244 e. The maximum Gasteiger partial charge on any atom is 0.244 e. The van der Waals surface area contributed by atoms with Crippen LogP contribution in [0.3, 0.4) is 0 Å². The van der Waals surface area contributed by atoms with Gasteiger partial charge in [-0.15, -0.1) is 0 Å². The number of rotatable bonds is 4. The summed E-state index contributed by atoms with van der Waals surface area (Å²) in [6.07, 6.45) is 4.83. The molecule has 4 heteroatoms. The Bertz CT molecular complexity index is 479. The Morgan fingerprint density at radius 3 is 2.38 bits per heavy atom. The number of benzene rings is 1. The molecular formula is C17H25N3O. The van der Waals surface area contributed by atoms with Crippen LogP contribution >= 0.6 is 0 Å². The zero-order valence-corrected chi connectivity index (χ0v) is 12.8. The van der Waals surface area contributed by atoms with Gasteiger partial charge in [-0.2, -0.15) is 0 Å². The van der Waals surface area contributed by atoms with E-state index < -0.39 is 0 Å². The van der Waals surface area contributed by atoms with Crippen molar-refractivity contribution in [2.24, 2.45) is 0 Å². The van der Waals surface area contributed by atoms with Gasteiger partial charge in [-0.1, -0.05) is 6.92 Å². The second-order valence-corrected chi connectivity index (χ2v) is 5.95. The van der Waals surface area contributed by atoms with Crippen LogP contribution in [0, 0.1) is 0 Å². The van der Waals surface area contributed by atoms with E-state index >= 15 is 0 Å². The highest BCUT2D eigenvalue weighted by Crippen LogP contribution is 2.26. The maximum absolute atomic E-state index is 12.3. The third-order valence-electron chi connectivity index (χ3n) is 4.54. The van der Waals surface area contributed by atoms with E-state index in [1.807, 2.05) is 11.8 Å². The van der Waals surface area contributed by atoms with Crippen LogP contribution in [0.15, 0.2) is 24.3 Å². The molecule has 0 saturated carbocycles. The van der Waals surface area contributed by atoms with E-state index in [1.54, 1.807) is 0 Å². The Morgan fingerprint density at radius 2 is 1.71 bits per heavy atom. The SMILES string of the molecule is CCNC1CCN(c2ccc(N3CCCCC3)cc2)C1=O. The summed E-state index contributed by atoms with van der Waals surface area (Å²) >= 11 is 0. The lowest BCUT2D eigenvalue weighted by Crippen LogP contribution is -2.38. The zero-order valence-electron chi connectivity index (χ0n) is 12.8. The molecule has 0 radical (unpaired) electrons. The number of carbonyl (C=O) groups is 1. The summed E-state index contributed by atoms with van der Waals surface area (Å²) in [5.74, 6) is 0.211. The van der Waals surface area contributed by atoms with Crippen molar-refractivity contribution in [3.05, 3.63) is 24.3 Å². The summed E-state index contributed by atoms with van der Waals surface area (Å²) in [5, 5.41) is 3.26. The molecule has 4 nitrogen and oxygen atoms in total. The van der Waals surface area contributed by atoms with E-state index in [0.29, 0.717) is 0 Å². The molecule has 2 aliphatic rings.